The molecule has 0 saturated carbocycles. The molecule has 5 nitrogen and oxygen atoms in total. The normalized spacial score (nSPS) is 18.6. The van der Waals surface area contributed by atoms with Crippen molar-refractivity contribution < 1.29 is 18.7 Å². The fourth-order valence-corrected chi connectivity index (χ4v) is 3.84. The summed E-state index contributed by atoms with van der Waals surface area (Å²) in [6.07, 6.45) is 3.65. The second-order valence-corrected chi connectivity index (χ2v) is 7.23. The standard InChI is InChI=1S/C22H23FN2O3/c23-19-8-2-1-7-18(19)22(27)25-11-3-5-15-13-16(9-10-20(15)25)21(26)24-14-17-6-4-12-28-17/h1-2,7-10,13,17H,3-6,11-12,14H2,(H,24,26)/t17-/m0/s1. The van der Waals surface area contributed by atoms with Gasteiger partial charge in [-0.05, 0) is 61.6 Å². The minimum absolute atomic E-state index is 0.0636. The molecule has 2 aromatic carbocycles. The van der Waals surface area contributed by atoms with E-state index in [4.69, 9.17) is 4.74 Å². The minimum Gasteiger partial charge on any atom is -0.376 e. The zero-order valence-corrected chi connectivity index (χ0v) is 15.6. The van der Waals surface area contributed by atoms with Crippen LogP contribution < -0.4 is 10.2 Å². The third-order valence-electron chi connectivity index (χ3n) is 5.32. The molecule has 0 aliphatic carbocycles. The van der Waals surface area contributed by atoms with Crippen LogP contribution in [-0.2, 0) is 11.2 Å². The first-order valence-electron chi connectivity index (χ1n) is 9.72. The van der Waals surface area contributed by atoms with Gasteiger partial charge in [0.05, 0.1) is 11.7 Å². The Hall–Kier alpha value is -2.73. The Kier molecular flexibility index (Phi) is 5.39. The molecule has 1 atom stereocenters. The van der Waals surface area contributed by atoms with Crippen molar-refractivity contribution in [2.75, 3.05) is 24.6 Å². The zero-order chi connectivity index (χ0) is 19.5. The van der Waals surface area contributed by atoms with Gasteiger partial charge in [-0.15, -0.1) is 0 Å². The zero-order valence-electron chi connectivity index (χ0n) is 15.6. The maximum Gasteiger partial charge on any atom is 0.261 e. The van der Waals surface area contributed by atoms with E-state index in [-0.39, 0.29) is 23.5 Å². The summed E-state index contributed by atoms with van der Waals surface area (Å²) >= 11 is 0. The SMILES string of the molecule is O=C(NC[C@@H]1CCCO1)c1ccc2c(c1)CCCN2C(=O)c1ccccc1F. The Morgan fingerprint density at radius 2 is 2.04 bits per heavy atom. The van der Waals surface area contributed by atoms with E-state index in [2.05, 4.69) is 5.32 Å². The summed E-state index contributed by atoms with van der Waals surface area (Å²) in [5.41, 5.74) is 2.31. The highest BCUT2D eigenvalue weighted by Crippen LogP contribution is 2.30. The van der Waals surface area contributed by atoms with Crippen LogP contribution >= 0.6 is 0 Å². The lowest BCUT2D eigenvalue weighted by Gasteiger charge is -2.30. The van der Waals surface area contributed by atoms with Gasteiger partial charge in [-0.3, -0.25) is 9.59 Å². The Morgan fingerprint density at radius 1 is 1.18 bits per heavy atom. The lowest BCUT2D eigenvalue weighted by molar-refractivity contribution is 0.0857. The van der Waals surface area contributed by atoms with Crippen LogP contribution in [-0.4, -0.2) is 37.6 Å². The van der Waals surface area contributed by atoms with Gasteiger partial charge in [0.2, 0.25) is 0 Å². The van der Waals surface area contributed by atoms with E-state index in [9.17, 15) is 14.0 Å². The van der Waals surface area contributed by atoms with Gasteiger partial charge in [0.25, 0.3) is 11.8 Å². The predicted octanol–water partition coefficient (Wildman–Crippen LogP) is 3.33. The maximum atomic E-state index is 14.0. The Labute approximate surface area is 163 Å². The van der Waals surface area contributed by atoms with Gasteiger partial charge in [-0.25, -0.2) is 4.39 Å². The number of fused-ring (bicyclic) bond motifs is 1. The number of hydrogen-bond acceptors (Lipinski definition) is 3. The second kappa shape index (κ2) is 8.10. The van der Waals surface area contributed by atoms with Gasteiger partial charge >= 0.3 is 0 Å². The average Bonchev–Trinajstić information content (AvgIpc) is 3.24. The number of rotatable bonds is 4. The number of carbonyl (C=O) groups is 2. The number of amides is 2. The molecule has 4 rings (SSSR count). The van der Waals surface area contributed by atoms with Crippen molar-refractivity contribution in [3.8, 4) is 0 Å². The highest BCUT2D eigenvalue weighted by atomic mass is 19.1. The molecule has 146 valence electrons. The van der Waals surface area contributed by atoms with Crippen molar-refractivity contribution in [1.82, 2.24) is 5.32 Å². The van der Waals surface area contributed by atoms with Crippen LogP contribution in [0.5, 0.6) is 0 Å². The molecule has 2 aromatic rings. The van der Waals surface area contributed by atoms with Crippen molar-refractivity contribution in [2.45, 2.75) is 31.8 Å². The number of carbonyl (C=O) groups excluding carboxylic acids is 2. The highest BCUT2D eigenvalue weighted by molar-refractivity contribution is 6.07. The van der Waals surface area contributed by atoms with E-state index in [0.29, 0.717) is 18.7 Å². The van der Waals surface area contributed by atoms with E-state index in [0.717, 1.165) is 43.5 Å². The number of anilines is 1. The maximum absolute atomic E-state index is 14.0. The van der Waals surface area contributed by atoms with E-state index in [1.807, 2.05) is 6.07 Å². The first-order chi connectivity index (χ1) is 13.6. The first kappa shape index (κ1) is 18.6. The van der Waals surface area contributed by atoms with Crippen LogP contribution in [0, 0.1) is 5.82 Å². The molecule has 0 bridgehead atoms. The number of nitrogens with one attached hydrogen (secondary N) is 1. The average molecular weight is 382 g/mol. The molecule has 0 radical (unpaired) electrons. The van der Waals surface area contributed by atoms with Crippen LogP contribution in [0.3, 0.4) is 0 Å². The summed E-state index contributed by atoms with van der Waals surface area (Å²) in [6.45, 7) is 1.80. The van der Waals surface area contributed by atoms with Crippen molar-refractivity contribution >= 4 is 17.5 Å². The molecule has 2 aliphatic rings. The van der Waals surface area contributed by atoms with Crippen molar-refractivity contribution in [1.29, 1.82) is 0 Å². The quantitative estimate of drug-likeness (QED) is 0.883. The summed E-state index contributed by atoms with van der Waals surface area (Å²) in [5, 5.41) is 2.92. The van der Waals surface area contributed by atoms with Crippen molar-refractivity contribution in [3.63, 3.8) is 0 Å². The fourth-order valence-electron chi connectivity index (χ4n) is 3.84. The molecule has 1 saturated heterocycles. The predicted molar refractivity (Wildman–Crippen MR) is 104 cm³/mol. The first-order valence-corrected chi connectivity index (χ1v) is 9.72. The summed E-state index contributed by atoms with van der Waals surface area (Å²) in [4.78, 5) is 26.9. The molecule has 1 N–H and O–H groups in total. The van der Waals surface area contributed by atoms with Crippen LogP contribution in [0.15, 0.2) is 42.5 Å². The number of hydrogen-bond donors (Lipinski definition) is 1. The number of benzene rings is 2. The van der Waals surface area contributed by atoms with Gasteiger partial charge in [0.15, 0.2) is 0 Å². The molecular formula is C22H23FN2O3. The Morgan fingerprint density at radius 3 is 2.82 bits per heavy atom. The molecule has 0 spiro atoms. The minimum atomic E-state index is -0.523. The lowest BCUT2D eigenvalue weighted by atomic mass is 9.98. The van der Waals surface area contributed by atoms with E-state index < -0.39 is 5.82 Å². The van der Waals surface area contributed by atoms with Gasteiger partial charge in [-0.1, -0.05) is 12.1 Å². The Balaban J connectivity index is 1.51. The number of aryl methyl sites for hydroxylation is 1. The van der Waals surface area contributed by atoms with Gasteiger partial charge in [0, 0.05) is 30.9 Å². The van der Waals surface area contributed by atoms with E-state index >= 15 is 0 Å². The van der Waals surface area contributed by atoms with Gasteiger partial charge < -0.3 is 15.0 Å². The summed E-state index contributed by atoms with van der Waals surface area (Å²) in [6, 6.07) is 11.4. The smallest absolute Gasteiger partial charge is 0.261 e. The summed E-state index contributed by atoms with van der Waals surface area (Å²) < 4.78 is 19.6. The topological polar surface area (TPSA) is 58.6 Å². The molecule has 2 amide bonds. The largest absolute Gasteiger partial charge is 0.376 e. The summed E-state index contributed by atoms with van der Waals surface area (Å²) in [5.74, 6) is -1.02. The summed E-state index contributed by atoms with van der Waals surface area (Å²) in [7, 11) is 0. The molecule has 1 fully saturated rings. The monoisotopic (exact) mass is 382 g/mol. The van der Waals surface area contributed by atoms with Gasteiger partial charge in [-0.2, -0.15) is 0 Å². The Bertz CT molecular complexity index is 893. The number of halogens is 1. The van der Waals surface area contributed by atoms with Crippen LogP contribution in [0.4, 0.5) is 10.1 Å². The fraction of sp³-hybridized carbons (Fsp3) is 0.364. The van der Waals surface area contributed by atoms with E-state index in [1.165, 1.54) is 12.1 Å². The van der Waals surface area contributed by atoms with Crippen LogP contribution in [0.25, 0.3) is 0 Å². The molecule has 0 aromatic heterocycles. The second-order valence-electron chi connectivity index (χ2n) is 7.23. The number of nitrogens with zero attached hydrogens (tertiary/aromatic N) is 1. The van der Waals surface area contributed by atoms with Crippen molar-refractivity contribution in [3.05, 3.63) is 65.0 Å². The molecule has 0 unspecified atom stereocenters. The van der Waals surface area contributed by atoms with Crippen LogP contribution in [0.1, 0.15) is 45.5 Å². The van der Waals surface area contributed by atoms with E-state index in [1.54, 1.807) is 29.2 Å². The number of ether oxygens (including phenoxy) is 1. The molecule has 28 heavy (non-hydrogen) atoms. The third kappa shape index (κ3) is 3.78. The molecule has 2 aliphatic heterocycles. The third-order valence-corrected chi connectivity index (χ3v) is 5.32. The van der Waals surface area contributed by atoms with Crippen LogP contribution in [0.2, 0.25) is 0 Å². The molecular weight excluding hydrogens is 359 g/mol. The molecule has 6 heteroatoms. The highest BCUT2D eigenvalue weighted by Gasteiger charge is 2.26. The van der Waals surface area contributed by atoms with Crippen molar-refractivity contribution in [2.24, 2.45) is 0 Å². The lowest BCUT2D eigenvalue weighted by Crippen LogP contribution is -2.36. The van der Waals surface area contributed by atoms with Gasteiger partial charge in [0.1, 0.15) is 5.82 Å². The molecule has 2 heterocycles.